The molecule has 0 unspecified atom stereocenters. The maximum atomic E-state index is 11.0. The number of phenols is 1. The highest BCUT2D eigenvalue weighted by Crippen LogP contribution is 2.36. The van der Waals surface area contributed by atoms with E-state index in [0.717, 1.165) is 11.3 Å². The molecule has 1 N–H and O–H groups in total. The first kappa shape index (κ1) is 17.3. The molecule has 0 spiro atoms. The quantitative estimate of drug-likeness (QED) is 0.498. The summed E-state index contributed by atoms with van der Waals surface area (Å²) in [7, 11) is 1.34. The highest BCUT2D eigenvalue weighted by atomic mass is 16.6. The van der Waals surface area contributed by atoms with Crippen molar-refractivity contribution in [1.82, 2.24) is 0 Å². The number of hydrogen-bond acceptors (Lipinski definition) is 6. The number of rotatable bonds is 6. The SMILES string of the molecule is CCN(/N=C/c1cc(OC)c(O)c([N+](=O)[O-])c1)c1ccc(C)cc1. The van der Waals surface area contributed by atoms with Gasteiger partial charge in [-0.3, -0.25) is 15.1 Å². The lowest BCUT2D eigenvalue weighted by Crippen LogP contribution is -2.15. The van der Waals surface area contributed by atoms with E-state index in [4.69, 9.17) is 4.74 Å². The van der Waals surface area contributed by atoms with Gasteiger partial charge in [0.15, 0.2) is 5.75 Å². The number of nitrogens with zero attached hydrogens (tertiary/aromatic N) is 3. The summed E-state index contributed by atoms with van der Waals surface area (Å²) in [4.78, 5) is 10.4. The molecule has 0 fully saturated rings. The molecule has 2 aromatic carbocycles. The second-order valence-electron chi connectivity index (χ2n) is 5.14. The van der Waals surface area contributed by atoms with Crippen molar-refractivity contribution in [3.63, 3.8) is 0 Å². The Bertz CT molecular complexity index is 757. The van der Waals surface area contributed by atoms with Crippen molar-refractivity contribution in [3.05, 3.63) is 57.6 Å². The summed E-state index contributed by atoms with van der Waals surface area (Å²) in [5, 5.41) is 26.9. The van der Waals surface area contributed by atoms with Crippen molar-refractivity contribution < 1.29 is 14.8 Å². The number of benzene rings is 2. The first-order valence-corrected chi connectivity index (χ1v) is 7.39. The molecule has 2 aromatic rings. The number of hydrogen-bond donors (Lipinski definition) is 1. The number of phenolic OH excluding ortho intramolecular Hbond substituents is 1. The highest BCUT2D eigenvalue weighted by molar-refractivity contribution is 5.83. The third-order valence-electron chi connectivity index (χ3n) is 3.47. The highest BCUT2D eigenvalue weighted by Gasteiger charge is 2.19. The third-order valence-corrected chi connectivity index (χ3v) is 3.47. The fourth-order valence-electron chi connectivity index (χ4n) is 2.17. The fourth-order valence-corrected chi connectivity index (χ4v) is 2.17. The van der Waals surface area contributed by atoms with Crippen LogP contribution in [0, 0.1) is 17.0 Å². The van der Waals surface area contributed by atoms with Gasteiger partial charge in [0.25, 0.3) is 0 Å². The maximum absolute atomic E-state index is 11.0. The van der Waals surface area contributed by atoms with Crippen LogP contribution < -0.4 is 9.75 Å². The molecule has 126 valence electrons. The molecular formula is C17H19N3O4. The molecule has 0 radical (unpaired) electrons. The van der Waals surface area contributed by atoms with Gasteiger partial charge in [-0.1, -0.05) is 17.7 Å². The third kappa shape index (κ3) is 3.81. The average molecular weight is 329 g/mol. The van der Waals surface area contributed by atoms with Crippen LogP contribution in [0.25, 0.3) is 0 Å². The molecule has 2 rings (SSSR count). The van der Waals surface area contributed by atoms with Gasteiger partial charge < -0.3 is 9.84 Å². The van der Waals surface area contributed by atoms with Crippen molar-refractivity contribution in [1.29, 1.82) is 0 Å². The summed E-state index contributed by atoms with van der Waals surface area (Å²) in [6, 6.07) is 10.6. The van der Waals surface area contributed by atoms with E-state index < -0.39 is 16.4 Å². The minimum Gasteiger partial charge on any atom is -0.500 e. The van der Waals surface area contributed by atoms with Crippen molar-refractivity contribution in [2.45, 2.75) is 13.8 Å². The molecule has 0 aliphatic rings. The summed E-state index contributed by atoms with van der Waals surface area (Å²) in [5.74, 6) is -0.463. The van der Waals surface area contributed by atoms with Crippen molar-refractivity contribution in [2.75, 3.05) is 18.7 Å². The van der Waals surface area contributed by atoms with Crippen LogP contribution in [0.2, 0.25) is 0 Å². The fraction of sp³-hybridized carbons (Fsp3) is 0.235. The number of methoxy groups -OCH3 is 1. The van der Waals surface area contributed by atoms with Gasteiger partial charge in [0, 0.05) is 18.2 Å². The van der Waals surface area contributed by atoms with E-state index >= 15 is 0 Å². The number of aromatic hydroxyl groups is 1. The van der Waals surface area contributed by atoms with Gasteiger partial charge in [-0.15, -0.1) is 0 Å². The molecule has 24 heavy (non-hydrogen) atoms. The van der Waals surface area contributed by atoms with Crippen LogP contribution in [0.15, 0.2) is 41.5 Å². The predicted molar refractivity (Wildman–Crippen MR) is 93.1 cm³/mol. The normalized spacial score (nSPS) is 10.8. The predicted octanol–water partition coefficient (Wildman–Crippen LogP) is 3.48. The van der Waals surface area contributed by atoms with E-state index in [9.17, 15) is 15.2 Å². The van der Waals surface area contributed by atoms with E-state index in [1.807, 2.05) is 38.1 Å². The standard InChI is InChI=1S/C17H19N3O4/c1-4-19(14-7-5-12(2)6-8-14)18-11-13-9-15(20(22)23)17(21)16(10-13)24-3/h5-11,21H,4H2,1-3H3/b18-11+. The molecule has 7 nitrogen and oxygen atoms in total. The first-order valence-electron chi connectivity index (χ1n) is 7.39. The zero-order valence-electron chi connectivity index (χ0n) is 13.8. The topological polar surface area (TPSA) is 88.2 Å². The Balaban J connectivity index is 2.34. The smallest absolute Gasteiger partial charge is 0.315 e. The monoisotopic (exact) mass is 329 g/mol. The molecule has 0 saturated carbocycles. The summed E-state index contributed by atoms with van der Waals surface area (Å²) in [6.45, 7) is 4.60. The first-order chi connectivity index (χ1) is 11.5. The van der Waals surface area contributed by atoms with Gasteiger partial charge in [0.05, 0.1) is 23.9 Å². The van der Waals surface area contributed by atoms with Crippen LogP contribution >= 0.6 is 0 Å². The Hall–Kier alpha value is -3.09. The van der Waals surface area contributed by atoms with Crippen LogP contribution in [0.3, 0.4) is 0 Å². The van der Waals surface area contributed by atoms with Crippen molar-refractivity contribution in [2.24, 2.45) is 5.10 Å². The van der Waals surface area contributed by atoms with Crippen LogP contribution in [0.4, 0.5) is 11.4 Å². The molecule has 0 aliphatic carbocycles. The van der Waals surface area contributed by atoms with E-state index in [2.05, 4.69) is 5.10 Å². The number of aryl methyl sites for hydroxylation is 1. The molecule has 0 atom stereocenters. The number of ether oxygens (including phenoxy) is 1. The van der Waals surface area contributed by atoms with Crippen LogP contribution in [-0.4, -0.2) is 29.9 Å². The summed E-state index contributed by atoms with van der Waals surface area (Å²) >= 11 is 0. The second kappa shape index (κ2) is 7.45. The molecule has 0 saturated heterocycles. The summed E-state index contributed by atoms with van der Waals surface area (Å²) < 4.78 is 4.98. The molecule has 0 amide bonds. The van der Waals surface area contributed by atoms with E-state index in [0.29, 0.717) is 12.1 Å². The number of hydrazone groups is 1. The zero-order chi connectivity index (χ0) is 17.7. The van der Waals surface area contributed by atoms with Crippen LogP contribution in [-0.2, 0) is 0 Å². The van der Waals surface area contributed by atoms with Crippen molar-refractivity contribution >= 4 is 17.6 Å². The number of nitro groups is 1. The number of nitro benzene ring substituents is 1. The molecule has 7 heteroatoms. The molecule has 0 aliphatic heterocycles. The summed E-state index contributed by atoms with van der Waals surface area (Å²) in [6.07, 6.45) is 1.50. The number of anilines is 1. The van der Waals surface area contributed by atoms with Crippen LogP contribution in [0.1, 0.15) is 18.1 Å². The maximum Gasteiger partial charge on any atom is 0.315 e. The Kier molecular flexibility index (Phi) is 5.36. The molecule has 0 aromatic heterocycles. The Labute approximate surface area is 139 Å². The molecule has 0 bridgehead atoms. The second-order valence-corrected chi connectivity index (χ2v) is 5.14. The lowest BCUT2D eigenvalue weighted by Gasteiger charge is -2.17. The van der Waals surface area contributed by atoms with Gasteiger partial charge in [0.1, 0.15) is 0 Å². The average Bonchev–Trinajstić information content (AvgIpc) is 2.57. The van der Waals surface area contributed by atoms with Gasteiger partial charge in [-0.25, -0.2) is 0 Å². The Morgan fingerprint density at radius 1 is 1.33 bits per heavy atom. The van der Waals surface area contributed by atoms with Gasteiger partial charge in [-0.2, -0.15) is 5.10 Å². The zero-order valence-corrected chi connectivity index (χ0v) is 13.8. The van der Waals surface area contributed by atoms with Crippen LogP contribution in [0.5, 0.6) is 11.5 Å². The largest absolute Gasteiger partial charge is 0.500 e. The lowest BCUT2D eigenvalue weighted by molar-refractivity contribution is -0.386. The van der Waals surface area contributed by atoms with Crippen molar-refractivity contribution in [3.8, 4) is 11.5 Å². The van der Waals surface area contributed by atoms with E-state index in [-0.39, 0.29) is 5.75 Å². The molecular weight excluding hydrogens is 310 g/mol. The van der Waals surface area contributed by atoms with E-state index in [1.54, 1.807) is 5.01 Å². The summed E-state index contributed by atoms with van der Waals surface area (Å²) in [5.41, 5.74) is 2.10. The molecule has 0 heterocycles. The Morgan fingerprint density at radius 2 is 2.00 bits per heavy atom. The van der Waals surface area contributed by atoms with E-state index in [1.165, 1.54) is 25.5 Å². The lowest BCUT2D eigenvalue weighted by atomic mass is 10.2. The minimum absolute atomic E-state index is 0.0315. The van der Waals surface area contributed by atoms with Gasteiger partial charge in [-0.05, 0) is 32.0 Å². The minimum atomic E-state index is -0.660. The van der Waals surface area contributed by atoms with Gasteiger partial charge >= 0.3 is 5.69 Å². The Morgan fingerprint density at radius 3 is 2.54 bits per heavy atom. The van der Waals surface area contributed by atoms with Gasteiger partial charge in [0.2, 0.25) is 5.75 Å².